The van der Waals surface area contributed by atoms with Crippen molar-refractivity contribution in [3.05, 3.63) is 90.2 Å². The van der Waals surface area contributed by atoms with E-state index in [0.717, 1.165) is 5.75 Å². The van der Waals surface area contributed by atoms with Crippen molar-refractivity contribution in [2.45, 2.75) is 5.75 Å². The lowest BCUT2D eigenvalue weighted by Gasteiger charge is -2.08. The van der Waals surface area contributed by atoms with Gasteiger partial charge in [0.1, 0.15) is 17.3 Å². The molecule has 0 saturated carbocycles. The minimum absolute atomic E-state index is 0.122. The first-order chi connectivity index (χ1) is 12.7. The number of nitrogens with one attached hydrogen (secondary N) is 1. The summed E-state index contributed by atoms with van der Waals surface area (Å²) in [4.78, 5) is 12.0. The minimum Gasteiger partial charge on any atom is -0.457 e. The van der Waals surface area contributed by atoms with E-state index in [0.29, 0.717) is 22.8 Å². The zero-order chi connectivity index (χ0) is 18.2. The van der Waals surface area contributed by atoms with Crippen LogP contribution in [0.25, 0.3) is 0 Å². The van der Waals surface area contributed by atoms with Gasteiger partial charge in [0.2, 0.25) is 5.91 Å². The lowest BCUT2D eigenvalue weighted by Crippen LogP contribution is -2.14. The van der Waals surface area contributed by atoms with Gasteiger partial charge in [-0.25, -0.2) is 4.39 Å². The molecule has 0 aliphatic rings. The van der Waals surface area contributed by atoms with Crippen LogP contribution >= 0.6 is 11.8 Å². The molecule has 0 unspecified atom stereocenters. The second-order valence-electron chi connectivity index (χ2n) is 5.57. The molecule has 0 bridgehead atoms. The second kappa shape index (κ2) is 9.06. The number of carbonyl (C=O) groups excluding carboxylic acids is 1. The summed E-state index contributed by atoms with van der Waals surface area (Å²) in [6.07, 6.45) is 0. The van der Waals surface area contributed by atoms with E-state index in [9.17, 15) is 9.18 Å². The molecule has 5 heteroatoms. The summed E-state index contributed by atoms with van der Waals surface area (Å²) in [5.41, 5.74) is 1.30. The van der Waals surface area contributed by atoms with Crippen molar-refractivity contribution in [3.8, 4) is 11.5 Å². The molecule has 0 saturated heterocycles. The van der Waals surface area contributed by atoms with E-state index in [4.69, 9.17) is 4.74 Å². The van der Waals surface area contributed by atoms with Crippen LogP contribution in [-0.4, -0.2) is 11.7 Å². The summed E-state index contributed by atoms with van der Waals surface area (Å²) >= 11 is 1.38. The zero-order valence-corrected chi connectivity index (χ0v) is 14.8. The topological polar surface area (TPSA) is 38.3 Å². The Morgan fingerprint density at radius 2 is 1.54 bits per heavy atom. The number of rotatable bonds is 7. The summed E-state index contributed by atoms with van der Waals surface area (Å²) in [5, 5.41) is 2.82. The molecule has 3 nitrogen and oxygen atoms in total. The van der Waals surface area contributed by atoms with Gasteiger partial charge in [0.15, 0.2) is 0 Å². The number of ether oxygens (including phenoxy) is 1. The molecule has 0 fully saturated rings. The summed E-state index contributed by atoms with van der Waals surface area (Å²) in [6.45, 7) is 0. The first-order valence-electron chi connectivity index (χ1n) is 8.15. The monoisotopic (exact) mass is 367 g/mol. The lowest BCUT2D eigenvalue weighted by molar-refractivity contribution is -0.113. The van der Waals surface area contributed by atoms with Gasteiger partial charge in [-0.1, -0.05) is 36.4 Å². The third-order valence-corrected chi connectivity index (χ3v) is 4.55. The molecule has 0 spiro atoms. The largest absolute Gasteiger partial charge is 0.457 e. The van der Waals surface area contributed by atoms with Gasteiger partial charge < -0.3 is 10.1 Å². The van der Waals surface area contributed by atoms with Crippen LogP contribution in [0.5, 0.6) is 11.5 Å². The van der Waals surface area contributed by atoms with E-state index in [2.05, 4.69) is 5.32 Å². The van der Waals surface area contributed by atoms with E-state index in [-0.39, 0.29) is 17.5 Å². The number of benzene rings is 3. The van der Waals surface area contributed by atoms with Gasteiger partial charge in [0, 0.05) is 11.4 Å². The Balaban J connectivity index is 1.46. The van der Waals surface area contributed by atoms with Crippen LogP contribution in [0.15, 0.2) is 78.9 Å². The highest BCUT2D eigenvalue weighted by Gasteiger charge is 2.06. The van der Waals surface area contributed by atoms with Crippen molar-refractivity contribution in [1.82, 2.24) is 0 Å². The molecule has 3 aromatic rings. The van der Waals surface area contributed by atoms with Crippen LogP contribution in [0.1, 0.15) is 5.56 Å². The van der Waals surface area contributed by atoms with E-state index in [1.807, 2.05) is 30.3 Å². The zero-order valence-electron chi connectivity index (χ0n) is 14.0. The van der Waals surface area contributed by atoms with Crippen molar-refractivity contribution < 1.29 is 13.9 Å². The highest BCUT2D eigenvalue weighted by Crippen LogP contribution is 2.23. The normalized spacial score (nSPS) is 10.3. The molecule has 3 rings (SSSR count). The fourth-order valence-electron chi connectivity index (χ4n) is 2.30. The summed E-state index contributed by atoms with van der Waals surface area (Å²) < 4.78 is 19.2. The highest BCUT2D eigenvalue weighted by atomic mass is 32.2. The maximum absolute atomic E-state index is 13.5. The fraction of sp³-hybridized carbons (Fsp3) is 0.0952. The first-order valence-corrected chi connectivity index (χ1v) is 9.30. The molecule has 0 atom stereocenters. The van der Waals surface area contributed by atoms with Gasteiger partial charge >= 0.3 is 0 Å². The van der Waals surface area contributed by atoms with Crippen molar-refractivity contribution in [2.24, 2.45) is 0 Å². The van der Waals surface area contributed by atoms with Crippen LogP contribution < -0.4 is 10.1 Å². The Bertz CT molecular complexity index is 853. The van der Waals surface area contributed by atoms with Crippen molar-refractivity contribution >= 4 is 23.4 Å². The van der Waals surface area contributed by atoms with Crippen LogP contribution in [-0.2, 0) is 10.5 Å². The van der Waals surface area contributed by atoms with Gasteiger partial charge in [0.25, 0.3) is 0 Å². The molecule has 132 valence electrons. The number of carbonyl (C=O) groups is 1. The van der Waals surface area contributed by atoms with Crippen molar-refractivity contribution in [3.63, 3.8) is 0 Å². The number of halogens is 1. The molecule has 3 aromatic carbocycles. The maximum atomic E-state index is 13.5. The smallest absolute Gasteiger partial charge is 0.234 e. The van der Waals surface area contributed by atoms with E-state index in [1.165, 1.54) is 17.8 Å². The molecular weight excluding hydrogens is 349 g/mol. The SMILES string of the molecule is O=C(CSCc1ccccc1F)Nc1ccc(Oc2ccccc2)cc1. The average molecular weight is 367 g/mol. The Kier molecular flexibility index (Phi) is 6.28. The van der Waals surface area contributed by atoms with Crippen LogP contribution in [0.3, 0.4) is 0 Å². The quantitative estimate of drug-likeness (QED) is 0.600. The van der Waals surface area contributed by atoms with Gasteiger partial charge in [-0.15, -0.1) is 11.8 Å². The first kappa shape index (κ1) is 18.0. The number of hydrogen-bond donors (Lipinski definition) is 1. The summed E-state index contributed by atoms with van der Waals surface area (Å²) in [7, 11) is 0. The number of hydrogen-bond acceptors (Lipinski definition) is 3. The molecular formula is C21H18FNO2S. The van der Waals surface area contributed by atoms with Crippen LogP contribution in [0, 0.1) is 5.82 Å². The molecule has 0 radical (unpaired) electrons. The predicted octanol–water partition coefficient (Wildman–Crippen LogP) is 5.49. The Morgan fingerprint density at radius 1 is 0.885 bits per heavy atom. The van der Waals surface area contributed by atoms with E-state index < -0.39 is 0 Å². The third-order valence-electron chi connectivity index (χ3n) is 3.57. The van der Waals surface area contributed by atoms with Gasteiger partial charge in [-0.05, 0) is 48.0 Å². The number of amides is 1. The van der Waals surface area contributed by atoms with Gasteiger partial charge in [0.05, 0.1) is 5.75 Å². The second-order valence-corrected chi connectivity index (χ2v) is 6.56. The highest BCUT2D eigenvalue weighted by molar-refractivity contribution is 7.99. The standard InChI is InChI=1S/C21H18FNO2S/c22-20-9-5-4-6-16(20)14-26-15-21(24)23-17-10-12-19(13-11-17)25-18-7-2-1-3-8-18/h1-13H,14-15H2,(H,23,24). The van der Waals surface area contributed by atoms with Crippen LogP contribution in [0.2, 0.25) is 0 Å². The van der Waals surface area contributed by atoms with Gasteiger partial charge in [-0.2, -0.15) is 0 Å². The number of thioether (sulfide) groups is 1. The summed E-state index contributed by atoms with van der Waals surface area (Å²) in [6, 6.07) is 23.3. The molecule has 1 amide bonds. The Hall–Kier alpha value is -2.79. The minimum atomic E-state index is -0.241. The third kappa shape index (κ3) is 5.36. The molecule has 0 aliphatic carbocycles. The molecule has 0 aromatic heterocycles. The average Bonchev–Trinajstić information content (AvgIpc) is 2.66. The number of para-hydroxylation sites is 1. The Morgan fingerprint density at radius 3 is 2.27 bits per heavy atom. The maximum Gasteiger partial charge on any atom is 0.234 e. The van der Waals surface area contributed by atoms with Crippen LogP contribution in [0.4, 0.5) is 10.1 Å². The predicted molar refractivity (Wildman–Crippen MR) is 104 cm³/mol. The molecule has 1 N–H and O–H groups in total. The lowest BCUT2D eigenvalue weighted by atomic mass is 10.2. The van der Waals surface area contributed by atoms with E-state index in [1.54, 1.807) is 42.5 Å². The van der Waals surface area contributed by atoms with Crippen molar-refractivity contribution in [1.29, 1.82) is 0 Å². The van der Waals surface area contributed by atoms with Crippen molar-refractivity contribution in [2.75, 3.05) is 11.1 Å². The fourth-order valence-corrected chi connectivity index (χ4v) is 3.11. The van der Waals surface area contributed by atoms with E-state index >= 15 is 0 Å². The molecule has 26 heavy (non-hydrogen) atoms. The molecule has 0 aliphatic heterocycles. The number of anilines is 1. The Labute approximate surface area is 156 Å². The van der Waals surface area contributed by atoms with Gasteiger partial charge in [-0.3, -0.25) is 4.79 Å². The summed E-state index contributed by atoms with van der Waals surface area (Å²) in [5.74, 6) is 1.81. The molecule has 0 heterocycles.